The standard InChI is InChI=1S/C13H21N3O4S/c1-9(2)20-7-6-16(3)21(18,19)12-5-4-10(13(15)17)8-11(12)14/h4-5,8-9H,6-7,14H2,1-3H3,(H2,15,17). The lowest BCUT2D eigenvalue weighted by Gasteiger charge is -2.19. The van der Waals surface area contributed by atoms with Crippen LogP contribution in [0.25, 0.3) is 0 Å². The number of carbonyl (C=O) groups excluding carboxylic acids is 1. The third kappa shape index (κ3) is 4.42. The van der Waals surface area contributed by atoms with E-state index in [9.17, 15) is 13.2 Å². The molecule has 0 radical (unpaired) electrons. The number of hydrogen-bond donors (Lipinski definition) is 2. The van der Waals surface area contributed by atoms with Crippen LogP contribution >= 0.6 is 0 Å². The first-order valence-corrected chi connectivity index (χ1v) is 7.87. The van der Waals surface area contributed by atoms with Crippen LogP contribution in [0.15, 0.2) is 23.1 Å². The Morgan fingerprint density at radius 1 is 1.38 bits per heavy atom. The van der Waals surface area contributed by atoms with Gasteiger partial charge in [-0.2, -0.15) is 4.31 Å². The zero-order valence-corrected chi connectivity index (χ0v) is 13.2. The Morgan fingerprint density at radius 2 is 2.00 bits per heavy atom. The zero-order chi connectivity index (χ0) is 16.2. The largest absolute Gasteiger partial charge is 0.398 e. The molecule has 0 bridgehead atoms. The third-order valence-electron chi connectivity index (χ3n) is 2.84. The van der Waals surface area contributed by atoms with Crippen LogP contribution in [0.2, 0.25) is 0 Å². The highest BCUT2D eigenvalue weighted by Crippen LogP contribution is 2.22. The molecule has 21 heavy (non-hydrogen) atoms. The summed E-state index contributed by atoms with van der Waals surface area (Å²) in [6, 6.07) is 3.88. The molecule has 7 nitrogen and oxygen atoms in total. The Labute approximate surface area is 124 Å². The molecule has 8 heteroatoms. The molecule has 4 N–H and O–H groups in total. The van der Waals surface area contributed by atoms with Gasteiger partial charge in [0.1, 0.15) is 4.90 Å². The van der Waals surface area contributed by atoms with Gasteiger partial charge in [0.15, 0.2) is 0 Å². The van der Waals surface area contributed by atoms with Crippen molar-refractivity contribution in [2.24, 2.45) is 5.73 Å². The van der Waals surface area contributed by atoms with Gasteiger partial charge in [-0.25, -0.2) is 8.42 Å². The first-order valence-electron chi connectivity index (χ1n) is 6.43. The molecule has 0 unspecified atom stereocenters. The molecule has 0 aromatic heterocycles. The fraction of sp³-hybridized carbons (Fsp3) is 0.462. The predicted molar refractivity (Wildman–Crippen MR) is 80.3 cm³/mol. The topological polar surface area (TPSA) is 116 Å². The first kappa shape index (κ1) is 17.4. The van der Waals surface area contributed by atoms with Crippen molar-refractivity contribution < 1.29 is 17.9 Å². The summed E-state index contributed by atoms with van der Waals surface area (Å²) >= 11 is 0. The van der Waals surface area contributed by atoms with Crippen molar-refractivity contribution in [2.75, 3.05) is 25.9 Å². The molecule has 0 heterocycles. The average molecular weight is 315 g/mol. The highest BCUT2D eigenvalue weighted by Gasteiger charge is 2.23. The summed E-state index contributed by atoms with van der Waals surface area (Å²) in [5, 5.41) is 0. The summed E-state index contributed by atoms with van der Waals surface area (Å²) in [6.07, 6.45) is 0.0287. The second-order valence-corrected chi connectivity index (χ2v) is 6.88. The van der Waals surface area contributed by atoms with Gasteiger partial charge in [0.05, 0.1) is 18.4 Å². The van der Waals surface area contributed by atoms with Gasteiger partial charge in [0.25, 0.3) is 0 Å². The Balaban J connectivity index is 2.94. The van der Waals surface area contributed by atoms with Crippen LogP contribution in [0, 0.1) is 0 Å². The Hall–Kier alpha value is -1.64. The number of hydrogen-bond acceptors (Lipinski definition) is 5. The predicted octanol–water partition coefficient (Wildman–Crippen LogP) is 0.413. The summed E-state index contributed by atoms with van der Waals surface area (Å²) < 4.78 is 31.3. The van der Waals surface area contributed by atoms with E-state index in [1.54, 1.807) is 0 Å². The number of primary amides is 1. The van der Waals surface area contributed by atoms with Gasteiger partial charge in [-0.1, -0.05) is 0 Å². The number of carbonyl (C=O) groups is 1. The van der Waals surface area contributed by atoms with Gasteiger partial charge in [-0.15, -0.1) is 0 Å². The molecule has 0 aliphatic heterocycles. The van der Waals surface area contributed by atoms with Crippen molar-refractivity contribution in [1.82, 2.24) is 4.31 Å². The first-order chi connectivity index (χ1) is 9.66. The number of benzene rings is 1. The number of likely N-dealkylation sites (N-methyl/N-ethyl adjacent to an activating group) is 1. The lowest BCUT2D eigenvalue weighted by atomic mass is 10.2. The van der Waals surface area contributed by atoms with Crippen molar-refractivity contribution in [1.29, 1.82) is 0 Å². The molecule has 1 amide bonds. The number of ether oxygens (including phenoxy) is 1. The van der Waals surface area contributed by atoms with Crippen molar-refractivity contribution in [3.63, 3.8) is 0 Å². The van der Waals surface area contributed by atoms with E-state index in [2.05, 4.69) is 0 Å². The Kier molecular flexibility index (Phi) is 5.70. The molecule has 0 spiro atoms. The molecule has 1 aromatic rings. The highest BCUT2D eigenvalue weighted by molar-refractivity contribution is 7.89. The highest BCUT2D eigenvalue weighted by atomic mass is 32.2. The fourth-order valence-electron chi connectivity index (χ4n) is 1.64. The van der Waals surface area contributed by atoms with Crippen LogP contribution in [0.5, 0.6) is 0 Å². The quantitative estimate of drug-likeness (QED) is 0.707. The van der Waals surface area contributed by atoms with Crippen LogP contribution in [0.3, 0.4) is 0 Å². The van der Waals surface area contributed by atoms with E-state index in [1.807, 2.05) is 13.8 Å². The lowest BCUT2D eigenvalue weighted by Crippen LogP contribution is -2.31. The molecule has 1 rings (SSSR count). The molecule has 118 valence electrons. The lowest BCUT2D eigenvalue weighted by molar-refractivity contribution is 0.0737. The molecular formula is C13H21N3O4S. The number of nitrogens with two attached hydrogens (primary N) is 2. The van der Waals surface area contributed by atoms with E-state index >= 15 is 0 Å². The maximum Gasteiger partial charge on any atom is 0.248 e. The molecular weight excluding hydrogens is 294 g/mol. The fourth-order valence-corrected chi connectivity index (χ4v) is 2.89. The molecule has 1 aromatic carbocycles. The summed E-state index contributed by atoms with van der Waals surface area (Å²) in [4.78, 5) is 11.0. The van der Waals surface area contributed by atoms with Gasteiger partial charge in [-0.05, 0) is 32.0 Å². The van der Waals surface area contributed by atoms with Gasteiger partial charge < -0.3 is 16.2 Å². The summed E-state index contributed by atoms with van der Waals surface area (Å²) in [7, 11) is -2.29. The normalized spacial score (nSPS) is 12.0. The van der Waals surface area contributed by atoms with Gasteiger partial charge in [0, 0.05) is 19.2 Å². The van der Waals surface area contributed by atoms with Crippen molar-refractivity contribution in [3.8, 4) is 0 Å². The van der Waals surface area contributed by atoms with Crippen LogP contribution < -0.4 is 11.5 Å². The second kappa shape index (κ2) is 6.88. The Bertz CT molecular complexity index is 614. The average Bonchev–Trinajstić information content (AvgIpc) is 2.37. The smallest absolute Gasteiger partial charge is 0.248 e. The van der Waals surface area contributed by atoms with E-state index in [1.165, 1.54) is 25.2 Å². The maximum atomic E-state index is 12.4. The molecule has 0 saturated heterocycles. The Morgan fingerprint density at radius 3 is 2.48 bits per heavy atom. The molecule has 0 aliphatic carbocycles. The van der Waals surface area contributed by atoms with Crippen LogP contribution in [0.4, 0.5) is 5.69 Å². The van der Waals surface area contributed by atoms with Crippen molar-refractivity contribution in [2.45, 2.75) is 24.8 Å². The number of nitrogen functional groups attached to an aromatic ring is 1. The minimum absolute atomic E-state index is 0.0112. The minimum Gasteiger partial charge on any atom is -0.398 e. The summed E-state index contributed by atoms with van der Waals surface area (Å²) in [5.41, 5.74) is 11.0. The maximum absolute atomic E-state index is 12.4. The molecule has 0 atom stereocenters. The van der Waals surface area contributed by atoms with Crippen LogP contribution in [-0.2, 0) is 14.8 Å². The van der Waals surface area contributed by atoms with E-state index in [4.69, 9.17) is 16.2 Å². The zero-order valence-electron chi connectivity index (χ0n) is 12.4. The van der Waals surface area contributed by atoms with E-state index in [-0.39, 0.29) is 35.4 Å². The summed E-state index contributed by atoms with van der Waals surface area (Å²) in [5.74, 6) is -0.663. The summed E-state index contributed by atoms with van der Waals surface area (Å²) in [6.45, 7) is 4.23. The number of rotatable bonds is 7. The second-order valence-electron chi connectivity index (χ2n) is 4.86. The minimum atomic E-state index is -3.73. The van der Waals surface area contributed by atoms with Crippen LogP contribution in [-0.4, -0.2) is 44.9 Å². The number of nitrogens with zero attached hydrogens (tertiary/aromatic N) is 1. The van der Waals surface area contributed by atoms with Crippen molar-refractivity contribution >= 4 is 21.6 Å². The molecule has 0 saturated carbocycles. The van der Waals surface area contributed by atoms with Gasteiger partial charge >= 0.3 is 0 Å². The SMILES string of the molecule is CC(C)OCCN(C)S(=O)(=O)c1ccc(C(N)=O)cc1N. The van der Waals surface area contributed by atoms with Crippen LogP contribution in [0.1, 0.15) is 24.2 Å². The molecule has 0 aliphatic rings. The number of sulfonamides is 1. The number of amides is 1. The third-order valence-corrected chi connectivity index (χ3v) is 4.77. The molecule has 0 fully saturated rings. The van der Waals surface area contributed by atoms with E-state index in [0.29, 0.717) is 0 Å². The van der Waals surface area contributed by atoms with E-state index in [0.717, 1.165) is 4.31 Å². The number of anilines is 1. The monoisotopic (exact) mass is 315 g/mol. The van der Waals surface area contributed by atoms with E-state index < -0.39 is 15.9 Å². The van der Waals surface area contributed by atoms with Gasteiger partial charge in [0.2, 0.25) is 15.9 Å². The van der Waals surface area contributed by atoms with Crippen molar-refractivity contribution in [3.05, 3.63) is 23.8 Å². The van der Waals surface area contributed by atoms with Gasteiger partial charge in [-0.3, -0.25) is 4.79 Å².